The van der Waals surface area contributed by atoms with Gasteiger partial charge < -0.3 is 9.47 Å². The summed E-state index contributed by atoms with van der Waals surface area (Å²) in [5.41, 5.74) is 0. The lowest BCUT2D eigenvalue weighted by molar-refractivity contribution is -0.115. The molecule has 0 saturated heterocycles. The maximum atomic E-state index is 12.2. The Morgan fingerprint density at radius 1 is 1.21 bits per heavy atom. The maximum absolute atomic E-state index is 12.2. The molecular weight excluding hydrogens is 402 g/mol. The van der Waals surface area contributed by atoms with Crippen molar-refractivity contribution in [2.24, 2.45) is 0 Å². The summed E-state index contributed by atoms with van der Waals surface area (Å²) in [7, 11) is -0.744. The van der Waals surface area contributed by atoms with Crippen LogP contribution in [0.15, 0.2) is 32.0 Å². The molecule has 1 N–H and O–H groups in total. The normalized spacial score (nSPS) is 13.8. The molecule has 1 atom stereocenters. The molecule has 1 unspecified atom stereocenters. The van der Waals surface area contributed by atoms with Crippen LogP contribution in [0.5, 0.6) is 0 Å². The van der Waals surface area contributed by atoms with Crippen molar-refractivity contribution in [2.75, 3.05) is 14.2 Å². The number of benzene rings is 1. The second kappa shape index (κ2) is 7.14. The topological polar surface area (TPSA) is 64.6 Å². The summed E-state index contributed by atoms with van der Waals surface area (Å²) in [6.07, 6.45) is -0.649. The minimum Gasteiger partial charge on any atom is -0.354 e. The van der Waals surface area contributed by atoms with E-state index in [0.717, 1.165) is 4.47 Å². The van der Waals surface area contributed by atoms with Crippen LogP contribution < -0.4 is 4.72 Å². The third kappa shape index (κ3) is 4.51. The fourth-order valence-corrected chi connectivity index (χ4v) is 4.54. The van der Waals surface area contributed by atoms with Gasteiger partial charge in [-0.2, -0.15) is 0 Å². The van der Waals surface area contributed by atoms with Gasteiger partial charge in [0.1, 0.15) is 0 Å². The fourth-order valence-electron chi connectivity index (χ4n) is 1.56. The fraction of sp³-hybridized carbons (Fsp3) is 0.455. The number of halogens is 2. The quantitative estimate of drug-likeness (QED) is 0.723. The van der Waals surface area contributed by atoms with Gasteiger partial charge in [0.05, 0.1) is 10.9 Å². The van der Waals surface area contributed by atoms with E-state index in [1.54, 1.807) is 19.1 Å². The highest BCUT2D eigenvalue weighted by Gasteiger charge is 2.25. The van der Waals surface area contributed by atoms with E-state index in [-0.39, 0.29) is 4.90 Å². The van der Waals surface area contributed by atoms with Crippen molar-refractivity contribution >= 4 is 41.9 Å². The Hall–Kier alpha value is 0.01000. The minimum atomic E-state index is -3.65. The summed E-state index contributed by atoms with van der Waals surface area (Å²) >= 11 is 6.51. The first-order valence-electron chi connectivity index (χ1n) is 5.34. The van der Waals surface area contributed by atoms with E-state index < -0.39 is 22.4 Å². The number of nitrogens with one attached hydrogen (secondary N) is 1. The molecule has 1 rings (SSSR count). The van der Waals surface area contributed by atoms with Gasteiger partial charge in [-0.3, -0.25) is 0 Å². The highest BCUT2D eigenvalue weighted by atomic mass is 79.9. The Labute approximate surface area is 130 Å². The third-order valence-corrected chi connectivity index (χ3v) is 5.43. The van der Waals surface area contributed by atoms with E-state index in [1.807, 2.05) is 0 Å². The molecule has 1 aromatic rings. The molecule has 0 aromatic heterocycles. The predicted molar refractivity (Wildman–Crippen MR) is 79.4 cm³/mol. The first-order chi connectivity index (χ1) is 8.81. The van der Waals surface area contributed by atoms with Gasteiger partial charge in [-0.15, -0.1) is 0 Å². The van der Waals surface area contributed by atoms with Crippen molar-refractivity contribution in [3.63, 3.8) is 0 Å². The molecule has 0 aliphatic carbocycles. The van der Waals surface area contributed by atoms with Crippen LogP contribution in [-0.2, 0) is 19.5 Å². The molecule has 0 amide bonds. The number of hydrogen-bond donors (Lipinski definition) is 1. The average Bonchev–Trinajstić information content (AvgIpc) is 2.29. The zero-order valence-corrected chi connectivity index (χ0v) is 14.7. The Kier molecular flexibility index (Phi) is 6.41. The van der Waals surface area contributed by atoms with Gasteiger partial charge in [0.25, 0.3) is 0 Å². The van der Waals surface area contributed by atoms with Crippen LogP contribution >= 0.6 is 31.9 Å². The molecule has 0 aliphatic heterocycles. The SMILES string of the molecule is COC(OC)C(C)NS(=O)(=O)c1ccc(Br)cc1Br. The number of hydrogen-bond acceptors (Lipinski definition) is 4. The van der Waals surface area contributed by atoms with Crippen LogP contribution in [0.25, 0.3) is 0 Å². The van der Waals surface area contributed by atoms with Crippen molar-refractivity contribution in [1.29, 1.82) is 0 Å². The van der Waals surface area contributed by atoms with E-state index in [4.69, 9.17) is 9.47 Å². The lowest BCUT2D eigenvalue weighted by atomic mass is 10.3. The summed E-state index contributed by atoms with van der Waals surface area (Å²) in [6.45, 7) is 1.67. The van der Waals surface area contributed by atoms with Gasteiger partial charge in [0.2, 0.25) is 10.0 Å². The Morgan fingerprint density at radius 3 is 2.26 bits per heavy atom. The van der Waals surface area contributed by atoms with Crippen molar-refractivity contribution in [1.82, 2.24) is 4.72 Å². The second-order valence-corrected chi connectivity index (χ2v) is 7.28. The van der Waals surface area contributed by atoms with Crippen LogP contribution in [-0.4, -0.2) is 35.0 Å². The van der Waals surface area contributed by atoms with Gasteiger partial charge >= 0.3 is 0 Å². The predicted octanol–water partition coefficient (Wildman–Crippen LogP) is 2.50. The number of sulfonamides is 1. The van der Waals surface area contributed by atoms with Gasteiger partial charge in [-0.1, -0.05) is 15.9 Å². The molecule has 0 heterocycles. The highest BCUT2D eigenvalue weighted by Crippen LogP contribution is 2.25. The maximum Gasteiger partial charge on any atom is 0.242 e. The van der Waals surface area contributed by atoms with Crippen molar-refractivity contribution < 1.29 is 17.9 Å². The van der Waals surface area contributed by atoms with Crippen LogP contribution in [0.2, 0.25) is 0 Å². The molecule has 1 aromatic carbocycles. The number of methoxy groups -OCH3 is 2. The van der Waals surface area contributed by atoms with Crippen molar-refractivity contribution in [2.45, 2.75) is 24.2 Å². The highest BCUT2D eigenvalue weighted by molar-refractivity contribution is 9.11. The van der Waals surface area contributed by atoms with Gasteiger partial charge in [-0.25, -0.2) is 13.1 Å². The van der Waals surface area contributed by atoms with Crippen LogP contribution in [0.4, 0.5) is 0 Å². The van der Waals surface area contributed by atoms with E-state index >= 15 is 0 Å². The van der Waals surface area contributed by atoms with Crippen molar-refractivity contribution in [3.05, 3.63) is 27.1 Å². The molecule has 0 bridgehead atoms. The smallest absolute Gasteiger partial charge is 0.242 e. The Bertz CT molecular complexity index is 531. The zero-order chi connectivity index (χ0) is 14.6. The van der Waals surface area contributed by atoms with E-state index in [9.17, 15) is 8.42 Å². The monoisotopic (exact) mass is 415 g/mol. The lowest BCUT2D eigenvalue weighted by Gasteiger charge is -2.22. The molecule has 19 heavy (non-hydrogen) atoms. The molecule has 108 valence electrons. The molecule has 0 spiro atoms. The molecular formula is C11H15Br2NO4S. The first-order valence-corrected chi connectivity index (χ1v) is 8.41. The average molecular weight is 417 g/mol. The second-order valence-electron chi connectivity index (χ2n) is 3.82. The molecule has 0 aliphatic rings. The first kappa shape index (κ1) is 17.1. The van der Waals surface area contributed by atoms with E-state index in [1.165, 1.54) is 20.3 Å². The molecule has 8 heteroatoms. The summed E-state index contributed by atoms with van der Waals surface area (Å²) in [4.78, 5) is 0.161. The lowest BCUT2D eigenvalue weighted by Crippen LogP contribution is -2.42. The van der Waals surface area contributed by atoms with Crippen molar-refractivity contribution in [3.8, 4) is 0 Å². The third-order valence-electron chi connectivity index (χ3n) is 2.40. The van der Waals surface area contributed by atoms with E-state index in [0.29, 0.717) is 4.47 Å². The van der Waals surface area contributed by atoms with Gasteiger partial charge in [0, 0.05) is 23.2 Å². The largest absolute Gasteiger partial charge is 0.354 e. The summed E-state index contributed by atoms with van der Waals surface area (Å²) in [6, 6.07) is 4.32. The van der Waals surface area contributed by atoms with Gasteiger partial charge in [-0.05, 0) is 41.1 Å². The number of rotatable bonds is 6. The zero-order valence-electron chi connectivity index (χ0n) is 10.7. The van der Waals surface area contributed by atoms with Crippen LogP contribution in [0, 0.1) is 0 Å². The molecule has 0 fully saturated rings. The van der Waals surface area contributed by atoms with Crippen LogP contribution in [0.3, 0.4) is 0 Å². The minimum absolute atomic E-state index is 0.161. The van der Waals surface area contributed by atoms with Crippen LogP contribution in [0.1, 0.15) is 6.92 Å². The summed E-state index contributed by atoms with van der Waals surface area (Å²) in [5.74, 6) is 0. The van der Waals surface area contributed by atoms with E-state index in [2.05, 4.69) is 36.6 Å². The number of ether oxygens (including phenoxy) is 2. The molecule has 5 nitrogen and oxygen atoms in total. The molecule has 0 saturated carbocycles. The summed E-state index contributed by atoms with van der Waals surface area (Å²) < 4.78 is 38.3. The Balaban J connectivity index is 2.98. The standard InChI is InChI=1S/C11H15Br2NO4S/c1-7(11(17-2)18-3)14-19(15,16)10-5-4-8(12)6-9(10)13/h4-7,11,14H,1-3H3. The molecule has 0 radical (unpaired) electrons. The Morgan fingerprint density at radius 2 is 1.79 bits per heavy atom. The summed E-state index contributed by atoms with van der Waals surface area (Å²) in [5, 5.41) is 0. The van der Waals surface area contributed by atoms with Gasteiger partial charge in [0.15, 0.2) is 6.29 Å².